The van der Waals surface area contributed by atoms with Crippen LogP contribution in [0.4, 0.5) is 0 Å². The molecular weight excluding hydrogens is 170 g/mol. The SMILES string of the molecule is NC1(c2ncc(C(=O)O)[nH]2)CCC1. The number of hydrogen-bond acceptors (Lipinski definition) is 3. The largest absolute Gasteiger partial charge is 0.477 e. The highest BCUT2D eigenvalue weighted by Gasteiger charge is 2.37. The molecule has 1 aromatic heterocycles. The number of carboxylic acids is 1. The fourth-order valence-electron chi connectivity index (χ4n) is 1.48. The first-order valence-corrected chi connectivity index (χ1v) is 4.19. The number of carboxylic acid groups (broad SMARTS) is 1. The van der Waals surface area contributed by atoms with Crippen LogP contribution in [0.25, 0.3) is 0 Å². The van der Waals surface area contributed by atoms with Gasteiger partial charge < -0.3 is 15.8 Å². The Hall–Kier alpha value is -1.36. The molecule has 0 atom stereocenters. The Morgan fingerprint density at radius 3 is 2.77 bits per heavy atom. The van der Waals surface area contributed by atoms with Crippen LogP contribution in [0.15, 0.2) is 6.20 Å². The van der Waals surface area contributed by atoms with E-state index in [4.69, 9.17) is 10.8 Å². The molecule has 0 spiro atoms. The van der Waals surface area contributed by atoms with Crippen molar-refractivity contribution in [1.29, 1.82) is 0 Å². The summed E-state index contributed by atoms with van der Waals surface area (Å²) in [5.41, 5.74) is 5.65. The molecule has 0 unspecified atom stereocenters. The smallest absolute Gasteiger partial charge is 0.353 e. The minimum absolute atomic E-state index is 0.103. The lowest BCUT2D eigenvalue weighted by Crippen LogP contribution is -2.44. The van der Waals surface area contributed by atoms with E-state index in [0.29, 0.717) is 5.82 Å². The molecule has 1 heterocycles. The van der Waals surface area contributed by atoms with Gasteiger partial charge in [-0.25, -0.2) is 9.78 Å². The molecule has 0 aromatic carbocycles. The van der Waals surface area contributed by atoms with Crippen LogP contribution in [0, 0.1) is 0 Å². The van der Waals surface area contributed by atoms with E-state index in [1.165, 1.54) is 6.20 Å². The molecular formula is C8H11N3O2. The molecule has 0 bridgehead atoms. The molecule has 2 rings (SSSR count). The number of nitrogens with one attached hydrogen (secondary N) is 1. The number of nitrogens with zero attached hydrogens (tertiary/aromatic N) is 1. The zero-order valence-corrected chi connectivity index (χ0v) is 7.08. The molecule has 1 aromatic rings. The highest BCUT2D eigenvalue weighted by atomic mass is 16.4. The van der Waals surface area contributed by atoms with Crippen molar-refractivity contribution >= 4 is 5.97 Å². The second-order valence-electron chi connectivity index (χ2n) is 3.46. The van der Waals surface area contributed by atoms with Crippen LogP contribution in [0.5, 0.6) is 0 Å². The molecule has 13 heavy (non-hydrogen) atoms. The molecule has 5 nitrogen and oxygen atoms in total. The van der Waals surface area contributed by atoms with E-state index in [1.807, 2.05) is 0 Å². The van der Waals surface area contributed by atoms with E-state index in [9.17, 15) is 4.79 Å². The second-order valence-corrected chi connectivity index (χ2v) is 3.46. The van der Waals surface area contributed by atoms with Gasteiger partial charge in [0.2, 0.25) is 0 Å². The fourth-order valence-corrected chi connectivity index (χ4v) is 1.48. The number of hydrogen-bond donors (Lipinski definition) is 3. The number of aromatic nitrogens is 2. The summed E-state index contributed by atoms with van der Waals surface area (Å²) in [7, 11) is 0. The minimum atomic E-state index is -0.998. The van der Waals surface area contributed by atoms with Crippen LogP contribution in [-0.4, -0.2) is 21.0 Å². The summed E-state index contributed by atoms with van der Waals surface area (Å²) in [4.78, 5) is 17.2. The number of imidazole rings is 1. The van der Waals surface area contributed by atoms with Crippen LogP contribution < -0.4 is 5.73 Å². The highest BCUT2D eigenvalue weighted by Crippen LogP contribution is 2.36. The molecule has 0 saturated heterocycles. The lowest BCUT2D eigenvalue weighted by Gasteiger charge is -2.35. The normalized spacial score (nSPS) is 19.5. The molecule has 70 valence electrons. The number of carbonyl (C=O) groups is 1. The molecule has 4 N–H and O–H groups in total. The molecule has 1 fully saturated rings. The molecule has 1 saturated carbocycles. The van der Waals surface area contributed by atoms with E-state index in [1.54, 1.807) is 0 Å². The molecule has 0 aliphatic heterocycles. The molecule has 0 radical (unpaired) electrons. The maximum atomic E-state index is 10.5. The van der Waals surface area contributed by atoms with Crippen molar-refractivity contribution in [2.45, 2.75) is 24.8 Å². The predicted octanol–water partition coefficient (Wildman–Crippen LogP) is 0.446. The first-order valence-electron chi connectivity index (χ1n) is 4.19. The van der Waals surface area contributed by atoms with Crippen LogP contribution in [-0.2, 0) is 5.54 Å². The van der Waals surface area contributed by atoms with Gasteiger partial charge in [0.25, 0.3) is 0 Å². The summed E-state index contributed by atoms with van der Waals surface area (Å²) in [6.45, 7) is 0. The van der Waals surface area contributed by atoms with Crippen LogP contribution in [0.2, 0.25) is 0 Å². The zero-order chi connectivity index (χ0) is 9.47. The quantitative estimate of drug-likeness (QED) is 0.617. The Labute approximate surface area is 75.0 Å². The van der Waals surface area contributed by atoms with Gasteiger partial charge in [-0.3, -0.25) is 0 Å². The number of nitrogens with two attached hydrogens (primary N) is 1. The predicted molar refractivity (Wildman–Crippen MR) is 45.3 cm³/mol. The molecule has 5 heteroatoms. The van der Waals surface area contributed by atoms with E-state index in [-0.39, 0.29) is 5.69 Å². The molecule has 0 amide bonds. The summed E-state index contributed by atoms with van der Waals surface area (Å²) >= 11 is 0. The topological polar surface area (TPSA) is 92.0 Å². The van der Waals surface area contributed by atoms with Crippen LogP contribution in [0.3, 0.4) is 0 Å². The number of rotatable bonds is 2. The average molecular weight is 181 g/mol. The minimum Gasteiger partial charge on any atom is -0.477 e. The third-order valence-electron chi connectivity index (χ3n) is 2.52. The van der Waals surface area contributed by atoms with Gasteiger partial charge >= 0.3 is 5.97 Å². The van der Waals surface area contributed by atoms with E-state index >= 15 is 0 Å². The van der Waals surface area contributed by atoms with E-state index in [0.717, 1.165) is 19.3 Å². The summed E-state index contributed by atoms with van der Waals surface area (Å²) < 4.78 is 0. The fraction of sp³-hybridized carbons (Fsp3) is 0.500. The van der Waals surface area contributed by atoms with Gasteiger partial charge in [0, 0.05) is 0 Å². The van der Waals surface area contributed by atoms with Gasteiger partial charge in [0.05, 0.1) is 11.7 Å². The van der Waals surface area contributed by atoms with Crippen molar-refractivity contribution in [1.82, 2.24) is 9.97 Å². The Morgan fingerprint density at radius 1 is 1.69 bits per heavy atom. The van der Waals surface area contributed by atoms with Gasteiger partial charge in [-0.15, -0.1) is 0 Å². The monoisotopic (exact) mass is 181 g/mol. The number of H-pyrrole nitrogens is 1. The Morgan fingerprint density at radius 2 is 2.38 bits per heavy atom. The van der Waals surface area contributed by atoms with Gasteiger partial charge in [0.15, 0.2) is 0 Å². The summed E-state index contributed by atoms with van der Waals surface area (Å²) in [5, 5.41) is 8.64. The van der Waals surface area contributed by atoms with E-state index in [2.05, 4.69) is 9.97 Å². The van der Waals surface area contributed by atoms with Gasteiger partial charge in [-0.2, -0.15) is 0 Å². The van der Waals surface area contributed by atoms with Crippen LogP contribution >= 0.6 is 0 Å². The van der Waals surface area contributed by atoms with E-state index < -0.39 is 11.5 Å². The zero-order valence-electron chi connectivity index (χ0n) is 7.08. The van der Waals surface area contributed by atoms with Crippen molar-refractivity contribution in [2.75, 3.05) is 0 Å². The maximum absolute atomic E-state index is 10.5. The van der Waals surface area contributed by atoms with Crippen LogP contribution in [0.1, 0.15) is 35.6 Å². The van der Waals surface area contributed by atoms with Gasteiger partial charge in [0.1, 0.15) is 11.5 Å². The van der Waals surface area contributed by atoms with Crippen molar-refractivity contribution in [3.63, 3.8) is 0 Å². The highest BCUT2D eigenvalue weighted by molar-refractivity contribution is 5.85. The third-order valence-corrected chi connectivity index (χ3v) is 2.52. The Bertz CT molecular complexity index is 341. The Kier molecular flexibility index (Phi) is 1.63. The summed E-state index contributed by atoms with van der Waals surface area (Å²) in [6, 6.07) is 0. The Balaban J connectivity index is 2.27. The lowest BCUT2D eigenvalue weighted by atomic mass is 9.77. The molecule has 1 aliphatic rings. The second kappa shape index (κ2) is 2.56. The van der Waals surface area contributed by atoms with Crippen molar-refractivity contribution in [3.05, 3.63) is 17.7 Å². The third kappa shape index (κ3) is 1.21. The van der Waals surface area contributed by atoms with Gasteiger partial charge in [-0.1, -0.05) is 0 Å². The van der Waals surface area contributed by atoms with Crippen molar-refractivity contribution in [2.24, 2.45) is 5.73 Å². The van der Waals surface area contributed by atoms with Crippen molar-refractivity contribution in [3.8, 4) is 0 Å². The van der Waals surface area contributed by atoms with Crippen molar-refractivity contribution < 1.29 is 9.90 Å². The first kappa shape index (κ1) is 8.25. The first-order chi connectivity index (χ1) is 6.12. The number of aromatic amines is 1. The standard InChI is InChI=1S/C8H11N3O2/c9-8(2-1-3-8)7-10-4-5(11-7)6(12)13/h4H,1-3,9H2,(H,10,11)(H,12,13). The van der Waals surface area contributed by atoms with Gasteiger partial charge in [-0.05, 0) is 19.3 Å². The number of aromatic carboxylic acids is 1. The lowest BCUT2D eigenvalue weighted by molar-refractivity contribution is 0.0690. The summed E-state index contributed by atoms with van der Waals surface area (Å²) in [6.07, 6.45) is 4.14. The average Bonchev–Trinajstić information content (AvgIpc) is 2.48. The maximum Gasteiger partial charge on any atom is 0.353 e. The summed E-state index contributed by atoms with van der Waals surface area (Å²) in [5.74, 6) is -0.405. The molecule has 1 aliphatic carbocycles.